The highest BCUT2D eigenvalue weighted by Gasteiger charge is 1.98. The molecule has 12 heavy (non-hydrogen) atoms. The van der Waals surface area contributed by atoms with Crippen LogP contribution in [0.4, 0.5) is 0 Å². The number of amides is 1. The first-order valence-corrected chi connectivity index (χ1v) is 5.67. The van der Waals surface area contributed by atoms with Crippen molar-refractivity contribution < 1.29 is 9.00 Å². The first kappa shape index (κ1) is 11.6. The molecule has 0 spiro atoms. The van der Waals surface area contributed by atoms with Crippen LogP contribution in [0, 0.1) is 0 Å². The molecular weight excluding hydrogens is 176 g/mol. The van der Waals surface area contributed by atoms with Crippen LogP contribution >= 0.6 is 0 Å². The van der Waals surface area contributed by atoms with E-state index in [1.54, 1.807) is 6.26 Å². The van der Waals surface area contributed by atoms with Crippen LogP contribution in [0.25, 0.3) is 0 Å². The Morgan fingerprint density at radius 1 is 1.50 bits per heavy atom. The first-order valence-electron chi connectivity index (χ1n) is 3.94. The molecule has 1 atom stereocenters. The Kier molecular flexibility index (Phi) is 6.99. The van der Waals surface area contributed by atoms with Crippen LogP contribution in [0.15, 0.2) is 0 Å². The molecule has 0 aromatic heterocycles. The molecular formula is C7H16N2O2S. The van der Waals surface area contributed by atoms with Gasteiger partial charge in [0.25, 0.3) is 0 Å². The molecule has 0 saturated heterocycles. The van der Waals surface area contributed by atoms with Gasteiger partial charge in [0.15, 0.2) is 0 Å². The smallest absolute Gasteiger partial charge is 0.233 e. The van der Waals surface area contributed by atoms with Crippen molar-refractivity contribution in [1.29, 1.82) is 0 Å². The molecule has 0 aliphatic rings. The van der Waals surface area contributed by atoms with Gasteiger partial charge in [-0.1, -0.05) is 6.92 Å². The van der Waals surface area contributed by atoms with Gasteiger partial charge >= 0.3 is 0 Å². The molecule has 1 unspecified atom stereocenters. The van der Waals surface area contributed by atoms with Crippen LogP contribution in [-0.4, -0.2) is 41.8 Å². The van der Waals surface area contributed by atoms with Crippen molar-refractivity contribution in [1.82, 2.24) is 10.6 Å². The Balaban J connectivity index is 3.25. The Morgan fingerprint density at radius 3 is 2.67 bits per heavy atom. The summed E-state index contributed by atoms with van der Waals surface area (Å²) in [5.41, 5.74) is 0. The zero-order valence-corrected chi connectivity index (χ0v) is 8.37. The SMILES string of the molecule is CCNCC(=O)NCCS(C)=O. The second-order valence-corrected chi connectivity index (χ2v) is 3.96. The van der Waals surface area contributed by atoms with Crippen LogP contribution < -0.4 is 10.6 Å². The van der Waals surface area contributed by atoms with E-state index in [9.17, 15) is 9.00 Å². The summed E-state index contributed by atoms with van der Waals surface area (Å²) in [4.78, 5) is 10.9. The van der Waals surface area contributed by atoms with E-state index in [1.807, 2.05) is 6.92 Å². The molecule has 0 radical (unpaired) electrons. The molecule has 0 heterocycles. The number of likely N-dealkylation sites (N-methyl/N-ethyl adjacent to an activating group) is 1. The van der Waals surface area contributed by atoms with E-state index >= 15 is 0 Å². The molecule has 0 saturated carbocycles. The zero-order valence-electron chi connectivity index (χ0n) is 7.55. The highest BCUT2D eigenvalue weighted by molar-refractivity contribution is 7.84. The molecule has 0 bridgehead atoms. The second kappa shape index (κ2) is 7.24. The molecule has 1 amide bonds. The predicted octanol–water partition coefficient (Wildman–Crippen LogP) is -0.909. The van der Waals surface area contributed by atoms with Crippen molar-refractivity contribution in [3.05, 3.63) is 0 Å². The van der Waals surface area contributed by atoms with E-state index in [-0.39, 0.29) is 5.91 Å². The van der Waals surface area contributed by atoms with Gasteiger partial charge in [-0.2, -0.15) is 0 Å². The van der Waals surface area contributed by atoms with Crippen LogP contribution in [-0.2, 0) is 15.6 Å². The largest absolute Gasteiger partial charge is 0.354 e. The zero-order chi connectivity index (χ0) is 9.40. The monoisotopic (exact) mass is 192 g/mol. The van der Waals surface area contributed by atoms with E-state index in [2.05, 4.69) is 10.6 Å². The van der Waals surface area contributed by atoms with Gasteiger partial charge in [0, 0.05) is 29.4 Å². The van der Waals surface area contributed by atoms with Crippen molar-refractivity contribution in [3.8, 4) is 0 Å². The highest BCUT2D eigenvalue weighted by Crippen LogP contribution is 1.71. The van der Waals surface area contributed by atoms with Crippen molar-refractivity contribution in [2.24, 2.45) is 0 Å². The normalized spacial score (nSPS) is 12.5. The fraction of sp³-hybridized carbons (Fsp3) is 0.857. The summed E-state index contributed by atoms with van der Waals surface area (Å²) in [7, 11) is -0.823. The number of carbonyl (C=O) groups is 1. The van der Waals surface area contributed by atoms with E-state index in [0.717, 1.165) is 6.54 Å². The summed E-state index contributed by atoms with van der Waals surface area (Å²) >= 11 is 0. The van der Waals surface area contributed by atoms with Gasteiger partial charge < -0.3 is 10.6 Å². The van der Waals surface area contributed by atoms with Gasteiger partial charge in [-0.15, -0.1) is 0 Å². The summed E-state index contributed by atoms with van der Waals surface area (Å²) in [5.74, 6) is 0.486. The molecule has 0 aromatic carbocycles. The Labute approximate surface area is 75.6 Å². The quantitative estimate of drug-likeness (QED) is 0.573. The van der Waals surface area contributed by atoms with Crippen molar-refractivity contribution in [3.63, 3.8) is 0 Å². The summed E-state index contributed by atoms with van der Waals surface area (Å²) in [5, 5.41) is 5.55. The standard InChI is InChI=1S/C7H16N2O2S/c1-3-8-6-7(10)9-4-5-12(2)11/h8H,3-6H2,1-2H3,(H,9,10). The number of carbonyl (C=O) groups excluding carboxylic acids is 1. The molecule has 0 aromatic rings. The average molecular weight is 192 g/mol. The lowest BCUT2D eigenvalue weighted by molar-refractivity contribution is -0.120. The highest BCUT2D eigenvalue weighted by atomic mass is 32.2. The maximum atomic E-state index is 10.9. The lowest BCUT2D eigenvalue weighted by Gasteiger charge is -2.03. The maximum absolute atomic E-state index is 10.9. The van der Waals surface area contributed by atoms with E-state index in [4.69, 9.17) is 0 Å². The number of hydrogen-bond donors (Lipinski definition) is 2. The lowest BCUT2D eigenvalue weighted by atomic mass is 10.5. The summed E-state index contributed by atoms with van der Waals surface area (Å²) in [6, 6.07) is 0. The lowest BCUT2D eigenvalue weighted by Crippen LogP contribution is -2.35. The minimum Gasteiger partial charge on any atom is -0.354 e. The number of nitrogens with one attached hydrogen (secondary N) is 2. The van der Waals surface area contributed by atoms with Crippen LogP contribution in [0.3, 0.4) is 0 Å². The third kappa shape index (κ3) is 7.68. The van der Waals surface area contributed by atoms with E-state index in [1.165, 1.54) is 0 Å². The van der Waals surface area contributed by atoms with E-state index in [0.29, 0.717) is 18.8 Å². The Bertz CT molecular complexity index is 161. The molecule has 0 aliphatic carbocycles. The third-order valence-electron chi connectivity index (χ3n) is 1.25. The number of rotatable bonds is 6. The molecule has 5 heteroatoms. The van der Waals surface area contributed by atoms with Gasteiger partial charge in [0.1, 0.15) is 0 Å². The molecule has 4 nitrogen and oxygen atoms in total. The molecule has 2 N–H and O–H groups in total. The minimum absolute atomic E-state index is 0.0395. The predicted molar refractivity (Wildman–Crippen MR) is 50.5 cm³/mol. The third-order valence-corrected chi connectivity index (χ3v) is 2.03. The number of hydrogen-bond acceptors (Lipinski definition) is 3. The van der Waals surface area contributed by atoms with Crippen molar-refractivity contribution in [2.75, 3.05) is 31.6 Å². The van der Waals surface area contributed by atoms with Gasteiger partial charge in [-0.05, 0) is 6.54 Å². The fourth-order valence-electron chi connectivity index (χ4n) is 0.635. The minimum atomic E-state index is -0.823. The summed E-state index contributed by atoms with van der Waals surface area (Å²) in [6.45, 7) is 3.56. The van der Waals surface area contributed by atoms with E-state index < -0.39 is 10.8 Å². The van der Waals surface area contributed by atoms with Crippen LogP contribution in [0.2, 0.25) is 0 Å². The van der Waals surface area contributed by atoms with Crippen LogP contribution in [0.5, 0.6) is 0 Å². The summed E-state index contributed by atoms with van der Waals surface area (Å²) < 4.78 is 10.6. The average Bonchev–Trinajstić information content (AvgIpc) is 2.00. The molecule has 0 aliphatic heterocycles. The molecule has 72 valence electrons. The van der Waals surface area contributed by atoms with Crippen molar-refractivity contribution >= 4 is 16.7 Å². The van der Waals surface area contributed by atoms with Crippen LogP contribution in [0.1, 0.15) is 6.92 Å². The summed E-state index contributed by atoms with van der Waals surface area (Å²) in [6.07, 6.45) is 1.62. The molecule has 0 rings (SSSR count). The topological polar surface area (TPSA) is 58.2 Å². The Hall–Kier alpha value is -0.420. The van der Waals surface area contributed by atoms with Gasteiger partial charge in [0.2, 0.25) is 5.91 Å². The second-order valence-electron chi connectivity index (χ2n) is 2.41. The maximum Gasteiger partial charge on any atom is 0.233 e. The first-order chi connectivity index (χ1) is 5.66. The van der Waals surface area contributed by atoms with Crippen molar-refractivity contribution in [2.45, 2.75) is 6.92 Å². The van der Waals surface area contributed by atoms with Gasteiger partial charge in [0.05, 0.1) is 6.54 Å². The van der Waals surface area contributed by atoms with Gasteiger partial charge in [-0.25, -0.2) is 0 Å². The Morgan fingerprint density at radius 2 is 2.17 bits per heavy atom. The van der Waals surface area contributed by atoms with Gasteiger partial charge in [-0.3, -0.25) is 9.00 Å². The fourth-order valence-corrected chi connectivity index (χ4v) is 1.02. The molecule has 0 fully saturated rings.